The Hall–Kier alpha value is -0.340. The summed E-state index contributed by atoms with van der Waals surface area (Å²) >= 11 is 3.71. The van der Waals surface area contributed by atoms with E-state index in [1.165, 1.54) is 42.3 Å². The Balaban J connectivity index is 1.95. The van der Waals surface area contributed by atoms with Gasteiger partial charge in [0.15, 0.2) is 0 Å². The molecule has 0 bridgehead atoms. The quantitative estimate of drug-likeness (QED) is 0.827. The lowest BCUT2D eigenvalue weighted by Gasteiger charge is -2.51. The number of rotatable bonds is 1. The molecule has 1 unspecified atom stereocenters. The van der Waals surface area contributed by atoms with Crippen LogP contribution in [0.4, 0.5) is 0 Å². The fourth-order valence-electron chi connectivity index (χ4n) is 3.40. The molecule has 3 rings (SSSR count). The molecular formula is C14H18BrN. The molecule has 1 aliphatic heterocycles. The van der Waals surface area contributed by atoms with Crippen molar-refractivity contribution in [2.75, 3.05) is 13.1 Å². The van der Waals surface area contributed by atoms with Gasteiger partial charge in [-0.05, 0) is 42.9 Å². The van der Waals surface area contributed by atoms with Crippen LogP contribution < -0.4 is 5.32 Å². The Morgan fingerprint density at radius 3 is 2.69 bits per heavy atom. The molecule has 2 fully saturated rings. The highest BCUT2D eigenvalue weighted by atomic mass is 79.9. The first kappa shape index (κ1) is 10.8. The van der Waals surface area contributed by atoms with Crippen molar-refractivity contribution in [2.24, 2.45) is 5.41 Å². The topological polar surface area (TPSA) is 12.0 Å². The van der Waals surface area contributed by atoms with Gasteiger partial charge in [0.1, 0.15) is 0 Å². The zero-order valence-electron chi connectivity index (χ0n) is 9.51. The second-order valence-corrected chi connectivity index (χ2v) is 6.10. The number of halogens is 1. The largest absolute Gasteiger partial charge is 0.316 e. The van der Waals surface area contributed by atoms with Crippen LogP contribution in [0.2, 0.25) is 0 Å². The average molecular weight is 280 g/mol. The van der Waals surface area contributed by atoms with Crippen molar-refractivity contribution >= 4 is 15.9 Å². The molecule has 1 saturated carbocycles. The van der Waals surface area contributed by atoms with Crippen LogP contribution in [-0.2, 0) is 0 Å². The van der Waals surface area contributed by atoms with Crippen LogP contribution in [0.1, 0.15) is 37.2 Å². The Morgan fingerprint density at radius 2 is 2.00 bits per heavy atom. The SMILES string of the molecule is Brc1ccccc1C1CNCCC12CCC2. The lowest BCUT2D eigenvalue weighted by atomic mass is 9.56. The molecule has 0 amide bonds. The molecule has 0 aromatic heterocycles. The third-order valence-electron chi connectivity index (χ3n) is 4.52. The molecule has 1 heterocycles. The van der Waals surface area contributed by atoms with Crippen molar-refractivity contribution in [1.29, 1.82) is 0 Å². The average Bonchev–Trinajstić information content (AvgIpc) is 2.28. The van der Waals surface area contributed by atoms with Crippen LogP contribution in [0.5, 0.6) is 0 Å². The van der Waals surface area contributed by atoms with Crippen LogP contribution in [-0.4, -0.2) is 13.1 Å². The summed E-state index contributed by atoms with van der Waals surface area (Å²) in [5.41, 5.74) is 2.13. The highest BCUT2D eigenvalue weighted by Crippen LogP contribution is 2.55. The summed E-state index contributed by atoms with van der Waals surface area (Å²) in [6.45, 7) is 2.36. The summed E-state index contributed by atoms with van der Waals surface area (Å²) in [4.78, 5) is 0. The van der Waals surface area contributed by atoms with E-state index in [1.54, 1.807) is 0 Å². The summed E-state index contributed by atoms with van der Waals surface area (Å²) in [7, 11) is 0. The smallest absolute Gasteiger partial charge is 0.0210 e. The minimum Gasteiger partial charge on any atom is -0.316 e. The van der Waals surface area contributed by atoms with Crippen LogP contribution in [0.25, 0.3) is 0 Å². The normalized spacial score (nSPS) is 27.7. The number of piperidine rings is 1. The standard InChI is InChI=1S/C14H18BrN/c15-13-5-2-1-4-11(13)12-10-16-9-8-14(12)6-3-7-14/h1-2,4-5,12,16H,3,6-10H2. The molecule has 1 spiro atoms. The predicted octanol–water partition coefficient (Wildman–Crippen LogP) is 3.70. The van der Waals surface area contributed by atoms with Crippen molar-refractivity contribution < 1.29 is 0 Å². The van der Waals surface area contributed by atoms with Gasteiger partial charge in [0.05, 0.1) is 0 Å². The van der Waals surface area contributed by atoms with Gasteiger partial charge in [0.25, 0.3) is 0 Å². The molecule has 1 nitrogen and oxygen atoms in total. The molecule has 0 radical (unpaired) electrons. The molecule has 2 heteroatoms. The number of nitrogens with one attached hydrogen (secondary N) is 1. The van der Waals surface area contributed by atoms with E-state index in [-0.39, 0.29) is 0 Å². The summed E-state index contributed by atoms with van der Waals surface area (Å²) in [5.74, 6) is 0.713. The zero-order chi connectivity index (χ0) is 11.0. The van der Waals surface area contributed by atoms with Crippen LogP contribution >= 0.6 is 15.9 Å². The predicted molar refractivity (Wildman–Crippen MR) is 70.7 cm³/mol. The van der Waals surface area contributed by atoms with Gasteiger partial charge in [0.2, 0.25) is 0 Å². The van der Waals surface area contributed by atoms with Gasteiger partial charge in [0, 0.05) is 16.9 Å². The Kier molecular flexibility index (Phi) is 2.80. The third kappa shape index (κ3) is 1.63. The maximum Gasteiger partial charge on any atom is 0.0210 e. The van der Waals surface area contributed by atoms with E-state index in [0.717, 1.165) is 6.54 Å². The van der Waals surface area contributed by atoms with Gasteiger partial charge in [-0.3, -0.25) is 0 Å². The summed E-state index contributed by atoms with van der Waals surface area (Å²) in [6.07, 6.45) is 5.65. The van der Waals surface area contributed by atoms with E-state index >= 15 is 0 Å². The first-order valence-electron chi connectivity index (χ1n) is 6.27. The van der Waals surface area contributed by atoms with Crippen LogP contribution in [0.3, 0.4) is 0 Å². The fraction of sp³-hybridized carbons (Fsp3) is 0.571. The zero-order valence-corrected chi connectivity index (χ0v) is 11.1. The maximum absolute atomic E-state index is 3.71. The van der Waals surface area contributed by atoms with Gasteiger partial charge in [-0.1, -0.05) is 40.5 Å². The molecule has 16 heavy (non-hydrogen) atoms. The van der Waals surface area contributed by atoms with E-state index in [2.05, 4.69) is 45.5 Å². The highest BCUT2D eigenvalue weighted by Gasteiger charge is 2.46. The molecule has 1 atom stereocenters. The maximum atomic E-state index is 3.71. The molecular weight excluding hydrogens is 262 g/mol. The molecule has 2 aliphatic rings. The van der Waals surface area contributed by atoms with Gasteiger partial charge in [-0.15, -0.1) is 0 Å². The summed E-state index contributed by atoms with van der Waals surface area (Å²) in [6, 6.07) is 8.75. The Labute approximate surface area is 106 Å². The van der Waals surface area contributed by atoms with Gasteiger partial charge in [-0.2, -0.15) is 0 Å². The molecule has 1 N–H and O–H groups in total. The first-order chi connectivity index (χ1) is 7.82. The lowest BCUT2D eigenvalue weighted by molar-refractivity contribution is 0.0577. The van der Waals surface area contributed by atoms with Crippen LogP contribution in [0.15, 0.2) is 28.7 Å². The van der Waals surface area contributed by atoms with Crippen molar-refractivity contribution in [3.8, 4) is 0 Å². The lowest BCUT2D eigenvalue weighted by Crippen LogP contribution is -2.47. The van der Waals surface area contributed by atoms with E-state index in [1.807, 2.05) is 0 Å². The third-order valence-corrected chi connectivity index (χ3v) is 5.24. The van der Waals surface area contributed by atoms with E-state index in [4.69, 9.17) is 0 Å². The van der Waals surface area contributed by atoms with E-state index < -0.39 is 0 Å². The van der Waals surface area contributed by atoms with Crippen molar-refractivity contribution in [2.45, 2.75) is 31.6 Å². The summed E-state index contributed by atoms with van der Waals surface area (Å²) < 4.78 is 1.29. The first-order valence-corrected chi connectivity index (χ1v) is 7.06. The van der Waals surface area contributed by atoms with E-state index in [9.17, 15) is 0 Å². The van der Waals surface area contributed by atoms with Gasteiger partial charge in [-0.25, -0.2) is 0 Å². The van der Waals surface area contributed by atoms with Gasteiger partial charge >= 0.3 is 0 Å². The summed E-state index contributed by atoms with van der Waals surface area (Å²) in [5, 5.41) is 3.56. The highest BCUT2D eigenvalue weighted by molar-refractivity contribution is 9.10. The minimum absolute atomic E-state index is 0.620. The Morgan fingerprint density at radius 1 is 1.19 bits per heavy atom. The second kappa shape index (κ2) is 4.15. The fourth-order valence-corrected chi connectivity index (χ4v) is 3.96. The number of hydrogen-bond donors (Lipinski definition) is 1. The van der Waals surface area contributed by atoms with Crippen molar-refractivity contribution in [1.82, 2.24) is 5.32 Å². The van der Waals surface area contributed by atoms with Gasteiger partial charge < -0.3 is 5.32 Å². The molecule has 86 valence electrons. The van der Waals surface area contributed by atoms with Crippen LogP contribution in [0, 0.1) is 5.41 Å². The molecule has 1 saturated heterocycles. The number of benzene rings is 1. The van der Waals surface area contributed by atoms with Crippen molar-refractivity contribution in [3.63, 3.8) is 0 Å². The molecule has 1 aliphatic carbocycles. The minimum atomic E-state index is 0.620. The molecule has 1 aromatic rings. The van der Waals surface area contributed by atoms with E-state index in [0.29, 0.717) is 11.3 Å². The molecule has 1 aromatic carbocycles. The monoisotopic (exact) mass is 279 g/mol. The Bertz CT molecular complexity index is 384. The second-order valence-electron chi connectivity index (χ2n) is 5.24. The number of hydrogen-bond acceptors (Lipinski definition) is 1. The van der Waals surface area contributed by atoms with Crippen molar-refractivity contribution in [3.05, 3.63) is 34.3 Å².